The molecule has 1 aliphatic heterocycles. The summed E-state index contributed by atoms with van der Waals surface area (Å²) in [6.07, 6.45) is 0. The van der Waals surface area contributed by atoms with Crippen LogP contribution in [-0.2, 0) is 11.3 Å². The van der Waals surface area contributed by atoms with E-state index in [-0.39, 0.29) is 5.91 Å². The highest BCUT2D eigenvalue weighted by Gasteiger charge is 2.17. The largest absolute Gasteiger partial charge is 0.355 e. The Morgan fingerprint density at radius 2 is 1.69 bits per heavy atom. The molecule has 6 heteroatoms. The van der Waals surface area contributed by atoms with Gasteiger partial charge in [0.25, 0.3) is 0 Å². The van der Waals surface area contributed by atoms with Gasteiger partial charge in [0.05, 0.1) is 6.54 Å². The van der Waals surface area contributed by atoms with Crippen molar-refractivity contribution >= 4 is 17.6 Å². The zero-order valence-electron chi connectivity index (χ0n) is 17.4. The Morgan fingerprint density at radius 3 is 2.34 bits per heavy atom. The maximum absolute atomic E-state index is 11.5. The fraction of sp³-hybridized carbons (Fsp3) is 0.391. The normalized spacial score (nSPS) is 15.2. The first-order valence-corrected chi connectivity index (χ1v) is 10.2. The van der Waals surface area contributed by atoms with Crippen molar-refractivity contribution < 1.29 is 4.79 Å². The molecule has 1 amide bonds. The second-order valence-electron chi connectivity index (χ2n) is 7.42. The van der Waals surface area contributed by atoms with E-state index in [1.165, 1.54) is 11.1 Å². The topological polar surface area (TPSA) is 60.0 Å². The predicted octanol–water partition coefficient (Wildman–Crippen LogP) is 2.72. The number of benzene rings is 2. The first-order valence-electron chi connectivity index (χ1n) is 10.2. The molecule has 2 aromatic rings. The van der Waals surface area contributed by atoms with Crippen molar-refractivity contribution in [2.75, 3.05) is 44.6 Å². The van der Waals surface area contributed by atoms with Crippen molar-refractivity contribution in [2.45, 2.75) is 20.4 Å². The third-order valence-corrected chi connectivity index (χ3v) is 5.11. The smallest absolute Gasteiger partial charge is 0.219 e. The number of hydrogen-bond acceptors (Lipinski definition) is 3. The Balaban J connectivity index is 1.54. The number of amides is 1. The van der Waals surface area contributed by atoms with Gasteiger partial charge in [-0.2, -0.15) is 0 Å². The molecule has 0 spiro atoms. The number of carbonyl (C=O) groups excluding carboxylic acids is 1. The average molecular weight is 394 g/mol. The monoisotopic (exact) mass is 393 g/mol. The number of aryl methyl sites for hydroxylation is 1. The molecule has 0 aliphatic carbocycles. The van der Waals surface area contributed by atoms with Gasteiger partial charge in [0.15, 0.2) is 5.96 Å². The zero-order valence-corrected chi connectivity index (χ0v) is 17.4. The molecule has 2 aromatic carbocycles. The van der Waals surface area contributed by atoms with Crippen LogP contribution < -0.4 is 10.6 Å². The fourth-order valence-corrected chi connectivity index (χ4v) is 3.28. The lowest BCUT2D eigenvalue weighted by Crippen LogP contribution is -2.50. The standard InChI is InChI=1S/C23H31N5O/c1-19-8-10-21(11-9-19)18-25-23(26-22-6-4-3-5-7-22)24-12-13-27-14-16-28(17-15-27)20(2)29/h3-11H,12-18H2,1-2H3,(H2,24,25,26). The van der Waals surface area contributed by atoms with Gasteiger partial charge in [0.2, 0.25) is 5.91 Å². The minimum Gasteiger partial charge on any atom is -0.355 e. The number of nitrogens with zero attached hydrogens (tertiary/aromatic N) is 3. The lowest BCUT2D eigenvalue weighted by molar-refractivity contribution is -0.130. The number of guanidine groups is 1. The minimum absolute atomic E-state index is 0.167. The molecular formula is C23H31N5O. The summed E-state index contributed by atoms with van der Waals surface area (Å²) in [4.78, 5) is 20.5. The molecule has 1 saturated heterocycles. The van der Waals surface area contributed by atoms with Crippen molar-refractivity contribution in [2.24, 2.45) is 4.99 Å². The van der Waals surface area contributed by atoms with Gasteiger partial charge in [-0.25, -0.2) is 4.99 Å². The Labute approximate surface area is 173 Å². The average Bonchev–Trinajstić information content (AvgIpc) is 2.74. The highest BCUT2D eigenvalue weighted by Crippen LogP contribution is 2.07. The van der Waals surface area contributed by atoms with E-state index < -0.39 is 0 Å². The Hall–Kier alpha value is -2.86. The molecule has 0 unspecified atom stereocenters. The number of rotatable bonds is 6. The van der Waals surface area contributed by atoms with Crippen LogP contribution in [0.2, 0.25) is 0 Å². The van der Waals surface area contributed by atoms with Gasteiger partial charge in [0, 0.05) is 51.9 Å². The van der Waals surface area contributed by atoms with Gasteiger partial charge < -0.3 is 15.5 Å². The van der Waals surface area contributed by atoms with Gasteiger partial charge in [0.1, 0.15) is 0 Å². The first kappa shape index (κ1) is 20.9. The van der Waals surface area contributed by atoms with Crippen molar-refractivity contribution in [3.8, 4) is 0 Å². The molecule has 0 aromatic heterocycles. The minimum atomic E-state index is 0.167. The lowest BCUT2D eigenvalue weighted by atomic mass is 10.1. The SMILES string of the molecule is CC(=O)N1CCN(CCNC(=NCc2ccc(C)cc2)Nc2ccccc2)CC1. The molecule has 0 atom stereocenters. The summed E-state index contributed by atoms with van der Waals surface area (Å²) in [5.74, 6) is 0.944. The Bertz CT molecular complexity index is 796. The van der Waals surface area contributed by atoms with Crippen LogP contribution >= 0.6 is 0 Å². The van der Waals surface area contributed by atoms with Gasteiger partial charge >= 0.3 is 0 Å². The van der Waals surface area contributed by atoms with E-state index in [1.807, 2.05) is 35.2 Å². The Morgan fingerprint density at radius 1 is 1.00 bits per heavy atom. The molecule has 1 aliphatic rings. The van der Waals surface area contributed by atoms with E-state index in [1.54, 1.807) is 6.92 Å². The van der Waals surface area contributed by atoms with E-state index in [0.29, 0.717) is 6.54 Å². The number of hydrogen-bond donors (Lipinski definition) is 2. The van der Waals surface area contributed by atoms with Crippen LogP contribution in [0.25, 0.3) is 0 Å². The molecule has 0 bridgehead atoms. The molecule has 154 valence electrons. The number of para-hydroxylation sites is 1. The van der Waals surface area contributed by atoms with Crippen LogP contribution in [0.1, 0.15) is 18.1 Å². The molecule has 0 saturated carbocycles. The summed E-state index contributed by atoms with van der Waals surface area (Å²) in [7, 11) is 0. The Kier molecular flexibility index (Phi) is 7.64. The number of piperazine rings is 1. The number of aliphatic imine (C=N–C) groups is 1. The van der Waals surface area contributed by atoms with E-state index in [2.05, 4.69) is 46.7 Å². The summed E-state index contributed by atoms with van der Waals surface area (Å²) in [5.41, 5.74) is 3.45. The van der Waals surface area contributed by atoms with Gasteiger partial charge in [-0.15, -0.1) is 0 Å². The van der Waals surface area contributed by atoms with E-state index in [4.69, 9.17) is 4.99 Å². The zero-order chi connectivity index (χ0) is 20.5. The quantitative estimate of drug-likeness (QED) is 0.585. The third-order valence-electron chi connectivity index (χ3n) is 5.11. The number of anilines is 1. The second kappa shape index (κ2) is 10.6. The van der Waals surface area contributed by atoms with Crippen molar-refractivity contribution in [3.05, 3.63) is 65.7 Å². The van der Waals surface area contributed by atoms with Crippen LogP contribution in [0.3, 0.4) is 0 Å². The molecule has 1 fully saturated rings. The first-order chi connectivity index (χ1) is 14.1. The van der Waals surface area contributed by atoms with Crippen molar-refractivity contribution in [1.82, 2.24) is 15.1 Å². The van der Waals surface area contributed by atoms with Crippen molar-refractivity contribution in [3.63, 3.8) is 0 Å². The summed E-state index contributed by atoms with van der Waals surface area (Å²) < 4.78 is 0. The van der Waals surface area contributed by atoms with Gasteiger partial charge in [-0.1, -0.05) is 48.0 Å². The number of nitrogens with one attached hydrogen (secondary N) is 2. The summed E-state index contributed by atoms with van der Waals surface area (Å²) in [5, 5.41) is 6.84. The van der Waals surface area contributed by atoms with Gasteiger partial charge in [-0.3, -0.25) is 9.69 Å². The van der Waals surface area contributed by atoms with E-state index >= 15 is 0 Å². The third kappa shape index (κ3) is 6.91. The van der Waals surface area contributed by atoms with Crippen LogP contribution in [0, 0.1) is 6.92 Å². The van der Waals surface area contributed by atoms with Crippen LogP contribution in [-0.4, -0.2) is 60.9 Å². The van der Waals surface area contributed by atoms with E-state index in [9.17, 15) is 4.79 Å². The molecule has 2 N–H and O–H groups in total. The molecule has 0 radical (unpaired) electrons. The summed E-state index contributed by atoms with van der Waals surface area (Å²) >= 11 is 0. The second-order valence-corrected chi connectivity index (χ2v) is 7.42. The maximum Gasteiger partial charge on any atom is 0.219 e. The highest BCUT2D eigenvalue weighted by molar-refractivity contribution is 5.93. The highest BCUT2D eigenvalue weighted by atomic mass is 16.2. The summed E-state index contributed by atoms with van der Waals surface area (Å²) in [6, 6.07) is 18.5. The van der Waals surface area contributed by atoms with Crippen LogP contribution in [0.15, 0.2) is 59.6 Å². The van der Waals surface area contributed by atoms with E-state index in [0.717, 1.165) is 50.9 Å². The maximum atomic E-state index is 11.5. The fourth-order valence-electron chi connectivity index (χ4n) is 3.28. The molecule has 1 heterocycles. The van der Waals surface area contributed by atoms with Crippen molar-refractivity contribution in [1.29, 1.82) is 0 Å². The van der Waals surface area contributed by atoms with Crippen LogP contribution in [0.4, 0.5) is 5.69 Å². The lowest BCUT2D eigenvalue weighted by Gasteiger charge is -2.34. The molecule has 3 rings (SSSR count). The number of carbonyl (C=O) groups is 1. The summed E-state index contributed by atoms with van der Waals surface area (Å²) in [6.45, 7) is 9.54. The molecule has 6 nitrogen and oxygen atoms in total. The van der Waals surface area contributed by atoms with Gasteiger partial charge in [-0.05, 0) is 24.6 Å². The molecular weight excluding hydrogens is 362 g/mol. The van der Waals surface area contributed by atoms with Crippen LogP contribution in [0.5, 0.6) is 0 Å². The molecule has 29 heavy (non-hydrogen) atoms. The predicted molar refractivity (Wildman–Crippen MR) is 119 cm³/mol.